The Morgan fingerprint density at radius 3 is 2.39 bits per heavy atom. The summed E-state index contributed by atoms with van der Waals surface area (Å²) in [5, 5.41) is 0. The maximum absolute atomic E-state index is 13.5. The number of hydrogen-bond acceptors (Lipinski definition) is 2. The Hall–Kier alpha value is -2.19. The van der Waals surface area contributed by atoms with E-state index in [0.29, 0.717) is 0 Å². The Labute approximate surface area is 128 Å². The average molecular weight is 336 g/mol. The van der Waals surface area contributed by atoms with Crippen LogP contribution in [-0.4, -0.2) is 36.0 Å². The lowest BCUT2D eigenvalue weighted by atomic mass is 9.95. The zero-order valence-electron chi connectivity index (χ0n) is 11.7. The smallest absolute Gasteiger partial charge is 0.369 e. The largest absolute Gasteiger partial charge is 0.394 e. The molecule has 2 amide bonds. The molecule has 9 heteroatoms. The van der Waals surface area contributed by atoms with Crippen molar-refractivity contribution in [2.24, 2.45) is 17.6 Å². The van der Waals surface area contributed by atoms with Gasteiger partial charge in [0.05, 0.1) is 18.3 Å². The molecule has 1 saturated heterocycles. The summed E-state index contributed by atoms with van der Waals surface area (Å²) >= 11 is 0. The average Bonchev–Trinajstić information content (AvgIpc) is 2.89. The summed E-state index contributed by atoms with van der Waals surface area (Å²) in [6.07, 6.45) is -5.28. The molecule has 0 saturated carbocycles. The third kappa shape index (κ3) is 3.59. The topological polar surface area (TPSA) is 63.4 Å². The van der Waals surface area contributed by atoms with Crippen molar-refractivity contribution < 1.29 is 31.5 Å². The molecular weight excluding hydrogens is 323 g/mol. The van der Waals surface area contributed by atoms with Crippen molar-refractivity contribution in [3.63, 3.8) is 0 Å². The lowest BCUT2D eigenvalue weighted by molar-refractivity contribution is -0.182. The van der Waals surface area contributed by atoms with Gasteiger partial charge in [0.15, 0.2) is 11.6 Å². The van der Waals surface area contributed by atoms with Gasteiger partial charge in [-0.2, -0.15) is 13.2 Å². The van der Waals surface area contributed by atoms with Crippen LogP contribution in [0.2, 0.25) is 0 Å². The van der Waals surface area contributed by atoms with Crippen molar-refractivity contribution >= 4 is 11.8 Å². The van der Waals surface area contributed by atoms with Crippen LogP contribution < -0.4 is 5.73 Å². The van der Waals surface area contributed by atoms with Gasteiger partial charge in [0.1, 0.15) is 0 Å². The molecule has 2 atom stereocenters. The molecule has 0 bridgehead atoms. The molecule has 1 aromatic carbocycles. The fraction of sp³-hybridized carbons (Fsp3) is 0.429. The van der Waals surface area contributed by atoms with Crippen LogP contribution in [0.15, 0.2) is 18.2 Å². The number of primary amides is 1. The zero-order chi connectivity index (χ0) is 17.4. The highest BCUT2D eigenvalue weighted by molar-refractivity contribution is 5.82. The van der Waals surface area contributed by atoms with E-state index < -0.39 is 61.0 Å². The van der Waals surface area contributed by atoms with E-state index in [2.05, 4.69) is 0 Å². The van der Waals surface area contributed by atoms with E-state index in [9.17, 15) is 31.5 Å². The molecule has 0 aromatic heterocycles. The van der Waals surface area contributed by atoms with Crippen molar-refractivity contribution in [2.45, 2.75) is 12.6 Å². The van der Waals surface area contributed by atoms with Gasteiger partial charge in [-0.25, -0.2) is 8.78 Å². The van der Waals surface area contributed by atoms with E-state index in [1.165, 1.54) is 12.1 Å². The molecule has 2 N–H and O–H groups in total. The van der Waals surface area contributed by atoms with Gasteiger partial charge in [0, 0.05) is 18.7 Å². The number of carbonyl (C=O) groups excluding carboxylic acids is 2. The second kappa shape index (κ2) is 6.13. The summed E-state index contributed by atoms with van der Waals surface area (Å²) in [7, 11) is 0. The summed E-state index contributed by atoms with van der Waals surface area (Å²) < 4.78 is 65.3. The van der Waals surface area contributed by atoms with Gasteiger partial charge in [0.25, 0.3) is 0 Å². The summed E-state index contributed by atoms with van der Waals surface area (Å²) in [6, 6.07) is 3.22. The monoisotopic (exact) mass is 336 g/mol. The predicted octanol–water partition coefficient (Wildman–Crippen LogP) is 1.63. The first kappa shape index (κ1) is 17.2. The zero-order valence-corrected chi connectivity index (χ0v) is 11.7. The van der Waals surface area contributed by atoms with Gasteiger partial charge in [-0.3, -0.25) is 9.59 Å². The van der Waals surface area contributed by atoms with Gasteiger partial charge in [-0.05, 0) is 6.07 Å². The van der Waals surface area contributed by atoms with Gasteiger partial charge >= 0.3 is 6.18 Å². The summed E-state index contributed by atoms with van der Waals surface area (Å²) in [5.74, 6) is -7.96. The second-order valence-electron chi connectivity index (χ2n) is 5.35. The molecule has 0 aliphatic carbocycles. The Morgan fingerprint density at radius 1 is 1.22 bits per heavy atom. The van der Waals surface area contributed by atoms with E-state index in [0.717, 1.165) is 11.0 Å². The molecule has 1 aliphatic rings. The van der Waals surface area contributed by atoms with E-state index in [1.807, 2.05) is 0 Å². The fourth-order valence-corrected chi connectivity index (χ4v) is 2.59. The van der Waals surface area contributed by atoms with E-state index in [1.54, 1.807) is 0 Å². The minimum Gasteiger partial charge on any atom is -0.369 e. The van der Waals surface area contributed by atoms with Crippen molar-refractivity contribution in [3.05, 3.63) is 35.4 Å². The fourth-order valence-electron chi connectivity index (χ4n) is 2.59. The number of amides is 2. The SMILES string of the molecule is NC(=O)[C@@H]1CN(C(=O)Cc2cccc(F)c2F)C[C@H]1C(F)(F)F. The molecular formula is C14H13F5N2O2. The first-order valence-corrected chi connectivity index (χ1v) is 6.68. The van der Waals surface area contributed by atoms with Crippen molar-refractivity contribution in [1.29, 1.82) is 0 Å². The lowest BCUT2D eigenvalue weighted by Gasteiger charge is -2.18. The molecule has 1 aliphatic heterocycles. The number of carbonyl (C=O) groups is 2. The number of halogens is 5. The first-order chi connectivity index (χ1) is 10.6. The second-order valence-corrected chi connectivity index (χ2v) is 5.35. The third-order valence-electron chi connectivity index (χ3n) is 3.83. The van der Waals surface area contributed by atoms with Crippen LogP contribution in [0, 0.1) is 23.5 Å². The number of alkyl halides is 3. The minimum absolute atomic E-state index is 0.263. The Balaban J connectivity index is 2.15. The number of rotatable bonds is 3. The van der Waals surface area contributed by atoms with Gasteiger partial charge in [-0.15, -0.1) is 0 Å². The summed E-state index contributed by atoms with van der Waals surface area (Å²) in [5.41, 5.74) is 4.69. The maximum atomic E-state index is 13.5. The van der Waals surface area contributed by atoms with Crippen LogP contribution in [0.3, 0.4) is 0 Å². The quantitative estimate of drug-likeness (QED) is 0.853. The minimum atomic E-state index is -4.68. The van der Waals surface area contributed by atoms with Crippen LogP contribution in [0.5, 0.6) is 0 Å². The highest BCUT2D eigenvalue weighted by Gasteiger charge is 2.52. The molecule has 1 heterocycles. The Morgan fingerprint density at radius 2 is 1.87 bits per heavy atom. The number of benzene rings is 1. The highest BCUT2D eigenvalue weighted by atomic mass is 19.4. The highest BCUT2D eigenvalue weighted by Crippen LogP contribution is 2.37. The normalized spacial score (nSPS) is 21.5. The standard InChI is InChI=1S/C14H13F5N2O2/c15-10-3-1-2-7(12(10)16)4-11(22)21-5-8(13(20)23)9(6-21)14(17,18)19/h1-3,8-9H,4-6H2,(H2,20,23)/t8-,9-/m1/s1. The van der Waals surface area contributed by atoms with Gasteiger partial charge in [-0.1, -0.05) is 12.1 Å². The maximum Gasteiger partial charge on any atom is 0.394 e. The molecule has 0 spiro atoms. The molecule has 4 nitrogen and oxygen atoms in total. The van der Waals surface area contributed by atoms with Crippen molar-refractivity contribution in [3.8, 4) is 0 Å². The van der Waals surface area contributed by atoms with Crippen LogP contribution in [0.4, 0.5) is 22.0 Å². The molecule has 1 aromatic rings. The Bertz CT molecular complexity index is 632. The van der Waals surface area contributed by atoms with Crippen LogP contribution in [-0.2, 0) is 16.0 Å². The van der Waals surface area contributed by atoms with E-state index >= 15 is 0 Å². The van der Waals surface area contributed by atoms with Crippen molar-refractivity contribution in [2.75, 3.05) is 13.1 Å². The number of likely N-dealkylation sites (tertiary alicyclic amines) is 1. The van der Waals surface area contributed by atoms with Gasteiger partial charge in [0.2, 0.25) is 11.8 Å². The number of nitrogens with two attached hydrogens (primary N) is 1. The predicted molar refractivity (Wildman–Crippen MR) is 68.9 cm³/mol. The molecule has 2 rings (SSSR count). The van der Waals surface area contributed by atoms with Crippen LogP contribution in [0.1, 0.15) is 5.56 Å². The van der Waals surface area contributed by atoms with Crippen LogP contribution >= 0.6 is 0 Å². The van der Waals surface area contributed by atoms with Crippen LogP contribution in [0.25, 0.3) is 0 Å². The van der Waals surface area contributed by atoms with Gasteiger partial charge < -0.3 is 10.6 Å². The van der Waals surface area contributed by atoms with Crippen molar-refractivity contribution in [1.82, 2.24) is 4.90 Å². The number of hydrogen-bond donors (Lipinski definition) is 1. The van der Waals surface area contributed by atoms with E-state index in [-0.39, 0.29) is 5.56 Å². The van der Waals surface area contributed by atoms with E-state index in [4.69, 9.17) is 5.73 Å². The molecule has 1 fully saturated rings. The summed E-state index contributed by atoms with van der Waals surface area (Å²) in [6.45, 7) is -1.22. The summed E-state index contributed by atoms with van der Waals surface area (Å²) in [4.78, 5) is 24.0. The number of nitrogens with zero attached hydrogens (tertiary/aromatic N) is 1. The first-order valence-electron chi connectivity index (χ1n) is 6.68. The third-order valence-corrected chi connectivity index (χ3v) is 3.83. The molecule has 126 valence electrons. The molecule has 23 heavy (non-hydrogen) atoms. The molecule has 0 radical (unpaired) electrons. The Kier molecular flexibility index (Phi) is 4.58. The molecule has 0 unspecified atom stereocenters. The lowest BCUT2D eigenvalue weighted by Crippen LogP contribution is -2.37.